The Morgan fingerprint density at radius 3 is 1.01 bits per heavy atom. The van der Waals surface area contributed by atoms with Gasteiger partial charge in [0.2, 0.25) is 0 Å². The molecule has 7 unspecified atom stereocenters. The van der Waals surface area contributed by atoms with Crippen molar-refractivity contribution in [1.29, 1.82) is 0 Å². The van der Waals surface area contributed by atoms with E-state index in [1.807, 2.05) is 109 Å². The van der Waals surface area contributed by atoms with E-state index in [2.05, 4.69) is 107 Å². The number of carbonyl (C=O) groups excluding carboxylic acids is 7. The molecule has 0 aliphatic carbocycles. The molecule has 642 valence electrons. The third-order valence-corrected chi connectivity index (χ3v) is 16.3. The van der Waals surface area contributed by atoms with Gasteiger partial charge in [-0.05, 0) is 182 Å². The fourth-order valence-electron chi connectivity index (χ4n) is 8.56. The summed E-state index contributed by atoms with van der Waals surface area (Å²) in [4.78, 5) is 79.2. The Hall–Kier alpha value is -10.4. The summed E-state index contributed by atoms with van der Waals surface area (Å²) in [7, 11) is 0. The minimum absolute atomic E-state index is 0. The van der Waals surface area contributed by atoms with E-state index in [-0.39, 0.29) is 133 Å². The largest absolute Gasteiger partial charge is 0.491 e. The Morgan fingerprint density at radius 2 is 0.667 bits per heavy atom. The standard InChI is InChI=1S/C19H20O2.C17H23NO4.C17H24O4.C16H22O4.C16H20O4.10CH4/c1-4-14(3)16-10-12-18(13-11-16)21-19(20)17-8-6-15(5-2)7-9-17;1-5-13(4)14-6-8-15(9-7-14)22-17(20)18-10-11-21-16(19)12(2)3;1-5-13(4)14-6-8-16(9-7-14)20-10-15(18)11-21-17(19)12(2)3;1-4-12(3)13-6-8-15(9-7-13)19-10-14(17)11-20-16(18)5-2;1-4-12(3)13-6-8-14(9-7-13)16(18)20-11-10-19-15(17)5-2;;;;;;;;;;/h5-14H,2,4H2,1,3H3;6-9,13H,2,5,10-11H2,1,3-4H3,(H,18,20);6-9,13,15,18H,2,5,10-11H2,1,3-4H3;5-9,12,14,17H,2,4,10-11H2,1,3H3;5-9,12H,2,4,10-11H2,1,3H3;10*1H4. The number of carbonyl (C=O) groups is 7. The highest BCUT2D eigenvalue weighted by molar-refractivity contribution is 5.91. The Balaban J connectivity index is -0.000000169. The van der Waals surface area contributed by atoms with Crippen LogP contribution < -0.4 is 24.3 Å². The van der Waals surface area contributed by atoms with Crippen molar-refractivity contribution in [2.75, 3.05) is 52.8 Å². The van der Waals surface area contributed by atoms with Gasteiger partial charge in [0.05, 0.1) is 17.7 Å². The molecular weight excluding hydrogens is 1440 g/mol. The topological polar surface area (TPSA) is 255 Å². The maximum Gasteiger partial charge on any atom is 0.412 e. The zero-order chi connectivity index (χ0) is 77.5. The van der Waals surface area contributed by atoms with Crippen molar-refractivity contribution < 1.29 is 86.4 Å². The lowest BCUT2D eigenvalue weighted by atomic mass is 9.98. The Labute approximate surface area is 689 Å². The van der Waals surface area contributed by atoms with E-state index in [0.717, 1.165) is 49.8 Å². The third-order valence-electron chi connectivity index (χ3n) is 16.3. The molecule has 19 nitrogen and oxygen atoms in total. The molecule has 0 bridgehead atoms. The predicted octanol–water partition coefficient (Wildman–Crippen LogP) is 23.6. The van der Waals surface area contributed by atoms with Crippen LogP contribution in [-0.4, -0.2) is 117 Å². The van der Waals surface area contributed by atoms with Gasteiger partial charge in [0.25, 0.3) is 0 Å². The van der Waals surface area contributed by atoms with E-state index in [4.69, 9.17) is 42.6 Å². The minimum Gasteiger partial charge on any atom is -0.491 e. The fraction of sp³-hybridized carbons (Fsp3) is 0.442. The van der Waals surface area contributed by atoms with Crippen molar-refractivity contribution >= 4 is 48.0 Å². The van der Waals surface area contributed by atoms with Crippen LogP contribution in [0.4, 0.5) is 4.79 Å². The van der Waals surface area contributed by atoms with Crippen molar-refractivity contribution in [2.45, 2.75) is 231 Å². The lowest BCUT2D eigenvalue weighted by Gasteiger charge is -2.14. The van der Waals surface area contributed by atoms with Crippen molar-refractivity contribution in [3.8, 4) is 23.0 Å². The van der Waals surface area contributed by atoms with Gasteiger partial charge in [0.1, 0.15) is 81.5 Å². The molecule has 0 heterocycles. The van der Waals surface area contributed by atoms with E-state index in [1.165, 1.54) is 27.8 Å². The number of esters is 6. The van der Waals surface area contributed by atoms with Crippen LogP contribution in [0.5, 0.6) is 23.0 Å². The highest BCUT2D eigenvalue weighted by atomic mass is 16.6. The quantitative estimate of drug-likeness (QED) is 0.0110. The molecule has 1 amide bonds. The zero-order valence-electron chi connectivity index (χ0n) is 62.8. The third kappa shape index (κ3) is 49.9. The summed E-state index contributed by atoms with van der Waals surface area (Å²) in [5, 5.41) is 21.8. The van der Waals surface area contributed by atoms with Crippen molar-refractivity contribution in [3.63, 3.8) is 0 Å². The summed E-state index contributed by atoms with van der Waals surface area (Å²) in [6.45, 7) is 42.1. The average molecular weight is 1590 g/mol. The highest BCUT2D eigenvalue weighted by Crippen LogP contribution is 2.26. The van der Waals surface area contributed by atoms with Gasteiger partial charge in [-0.2, -0.15) is 0 Å². The molecule has 6 aromatic rings. The summed E-state index contributed by atoms with van der Waals surface area (Å²) in [6.07, 6.45) is 6.95. The summed E-state index contributed by atoms with van der Waals surface area (Å²) >= 11 is 0. The Bertz CT molecular complexity index is 3590. The molecule has 7 atom stereocenters. The lowest BCUT2D eigenvalue weighted by molar-refractivity contribution is -0.142. The van der Waals surface area contributed by atoms with E-state index >= 15 is 0 Å². The molecule has 0 saturated heterocycles. The number of hydrogen-bond acceptors (Lipinski definition) is 18. The molecule has 0 aliphatic heterocycles. The number of ether oxygens (including phenoxy) is 9. The van der Waals surface area contributed by atoms with Gasteiger partial charge >= 0.3 is 41.9 Å². The number of hydrogen-bond donors (Lipinski definition) is 3. The molecule has 0 aliphatic rings. The van der Waals surface area contributed by atoms with Gasteiger partial charge in [0, 0.05) is 23.3 Å². The lowest BCUT2D eigenvalue weighted by Crippen LogP contribution is -2.30. The second-order valence-electron chi connectivity index (χ2n) is 24.5. The molecule has 6 aromatic carbocycles. The summed E-state index contributed by atoms with van der Waals surface area (Å²) in [5.74, 6) is 2.09. The highest BCUT2D eigenvalue weighted by Gasteiger charge is 2.15. The van der Waals surface area contributed by atoms with Crippen molar-refractivity contribution in [3.05, 3.63) is 246 Å². The molecule has 0 fully saturated rings. The van der Waals surface area contributed by atoms with Gasteiger partial charge in [-0.3, -0.25) is 0 Å². The van der Waals surface area contributed by atoms with Crippen LogP contribution in [-0.2, 0) is 42.9 Å². The molecule has 0 aromatic heterocycles. The first kappa shape index (κ1) is 122. The number of aliphatic hydroxyl groups is 2. The number of rotatable bonds is 35. The second kappa shape index (κ2) is 69.4. The number of amides is 1. The van der Waals surface area contributed by atoms with Crippen LogP contribution >= 0.6 is 0 Å². The maximum absolute atomic E-state index is 12.0. The average Bonchev–Trinajstić information content (AvgIpc) is 0.826. The number of nitrogens with one attached hydrogen (secondary N) is 1. The molecule has 3 N–H and O–H groups in total. The molecule has 0 spiro atoms. The van der Waals surface area contributed by atoms with E-state index < -0.39 is 48.1 Å². The van der Waals surface area contributed by atoms with Crippen LogP contribution in [0.25, 0.3) is 6.08 Å². The Kier molecular flexibility index (Phi) is 74.2. The normalized spacial score (nSPS) is 11.2. The fourth-order valence-corrected chi connectivity index (χ4v) is 8.56. The molecule has 6 rings (SSSR count). The van der Waals surface area contributed by atoms with Crippen LogP contribution in [0.1, 0.15) is 273 Å². The van der Waals surface area contributed by atoms with Gasteiger partial charge in [0.15, 0.2) is 0 Å². The van der Waals surface area contributed by atoms with E-state index in [9.17, 15) is 43.8 Å². The number of aliphatic hydroxyl groups excluding tert-OH is 2. The minimum atomic E-state index is -0.859. The first-order valence-corrected chi connectivity index (χ1v) is 35.1. The Morgan fingerprint density at radius 1 is 0.368 bits per heavy atom. The van der Waals surface area contributed by atoms with E-state index in [0.29, 0.717) is 74.9 Å². The maximum atomic E-state index is 12.0. The van der Waals surface area contributed by atoms with Gasteiger partial charge in [-0.15, -0.1) is 0 Å². The zero-order valence-corrected chi connectivity index (χ0v) is 62.8. The van der Waals surface area contributed by atoms with Crippen molar-refractivity contribution in [1.82, 2.24) is 5.32 Å². The second-order valence-corrected chi connectivity index (χ2v) is 24.5. The first-order valence-electron chi connectivity index (χ1n) is 35.1. The van der Waals surface area contributed by atoms with Crippen molar-refractivity contribution in [2.24, 2.45) is 0 Å². The van der Waals surface area contributed by atoms with Crippen LogP contribution in [0, 0.1) is 0 Å². The van der Waals surface area contributed by atoms with Crippen LogP contribution in [0.2, 0.25) is 0 Å². The van der Waals surface area contributed by atoms with Gasteiger partial charge in [-0.25, -0.2) is 33.6 Å². The molecule has 114 heavy (non-hydrogen) atoms. The number of benzene rings is 6. The summed E-state index contributed by atoms with van der Waals surface area (Å²) in [5.41, 5.74) is 8.83. The van der Waals surface area contributed by atoms with Crippen LogP contribution in [0.15, 0.2) is 202 Å². The monoisotopic (exact) mass is 1590 g/mol. The molecule has 0 saturated carbocycles. The predicted molar refractivity (Wildman–Crippen MR) is 476 cm³/mol. The molecular formula is C95H149NO18. The molecule has 19 heteroatoms. The SMILES string of the molecule is C.C.C.C.C.C.C.C.C.C.C=C(C)C(=O)OCC(O)COc1ccc(C(C)CC)cc1.C=C(C)C(=O)OCCNC(=O)Oc1ccc(C(C)CC)cc1.C=CC(=O)OCC(O)COc1ccc(C(C)CC)cc1.C=CC(=O)OCCOC(=O)c1ccc(C(C)CC)cc1.C=Cc1ccc(C(=O)Oc2ccc(C(C)CC)cc2)cc1. The van der Waals surface area contributed by atoms with Crippen LogP contribution in [0.3, 0.4) is 0 Å². The molecule has 0 radical (unpaired) electrons. The summed E-state index contributed by atoms with van der Waals surface area (Å²) in [6, 6.07) is 45.3. The van der Waals surface area contributed by atoms with Gasteiger partial charge < -0.3 is 58.2 Å². The summed E-state index contributed by atoms with van der Waals surface area (Å²) < 4.78 is 45.5. The van der Waals surface area contributed by atoms with E-state index in [1.54, 1.807) is 56.3 Å². The van der Waals surface area contributed by atoms with Gasteiger partial charge in [-0.1, -0.05) is 255 Å². The first-order chi connectivity index (χ1) is 49.6. The smallest absolute Gasteiger partial charge is 0.412 e.